The van der Waals surface area contributed by atoms with Crippen LogP contribution < -0.4 is 14.8 Å². The van der Waals surface area contributed by atoms with E-state index in [2.05, 4.69) is 39.1 Å². The van der Waals surface area contributed by atoms with Crippen molar-refractivity contribution in [2.75, 3.05) is 32.8 Å². The highest BCUT2D eigenvalue weighted by Gasteiger charge is 2.23. The molecule has 1 saturated heterocycles. The number of hydrogen-bond acceptors (Lipinski definition) is 4. The molecule has 20 heavy (non-hydrogen) atoms. The normalized spacial score (nSPS) is 21.4. The van der Waals surface area contributed by atoms with Crippen LogP contribution >= 0.6 is 15.9 Å². The zero-order valence-electron chi connectivity index (χ0n) is 11.8. The lowest BCUT2D eigenvalue weighted by atomic mass is 10.1. The molecular weight excluding hydrogens is 320 g/mol. The molecule has 0 radical (unpaired) electrons. The smallest absolute Gasteiger partial charge is 0.162 e. The molecule has 0 aromatic heterocycles. The van der Waals surface area contributed by atoms with Crippen LogP contribution in [0.4, 0.5) is 0 Å². The van der Waals surface area contributed by atoms with Crippen LogP contribution in [-0.2, 0) is 6.54 Å². The third kappa shape index (κ3) is 2.95. The van der Waals surface area contributed by atoms with Gasteiger partial charge in [-0.15, -0.1) is 0 Å². The third-order valence-electron chi connectivity index (χ3n) is 4.04. The summed E-state index contributed by atoms with van der Waals surface area (Å²) >= 11 is 3.66. The highest BCUT2D eigenvalue weighted by Crippen LogP contribution is 2.36. The van der Waals surface area contributed by atoms with E-state index < -0.39 is 0 Å². The number of hydrogen-bond donors (Lipinski definition) is 1. The van der Waals surface area contributed by atoms with E-state index in [0.29, 0.717) is 19.3 Å². The summed E-state index contributed by atoms with van der Waals surface area (Å²) in [7, 11) is 0. The van der Waals surface area contributed by atoms with Gasteiger partial charge in [-0.25, -0.2) is 0 Å². The lowest BCUT2D eigenvalue weighted by Gasteiger charge is -2.28. The Morgan fingerprint density at radius 1 is 1.30 bits per heavy atom. The van der Waals surface area contributed by atoms with E-state index in [9.17, 15) is 0 Å². The molecule has 5 heteroatoms. The van der Waals surface area contributed by atoms with Gasteiger partial charge in [0.05, 0.1) is 0 Å². The van der Waals surface area contributed by atoms with Crippen molar-refractivity contribution in [2.45, 2.75) is 25.9 Å². The highest BCUT2D eigenvalue weighted by molar-refractivity contribution is 9.10. The average molecular weight is 341 g/mol. The molecule has 2 heterocycles. The topological polar surface area (TPSA) is 33.7 Å². The predicted octanol–water partition coefficient (Wildman–Crippen LogP) is 2.40. The Morgan fingerprint density at radius 3 is 2.70 bits per heavy atom. The number of ether oxygens (including phenoxy) is 2. The molecule has 1 atom stereocenters. The van der Waals surface area contributed by atoms with Gasteiger partial charge in [-0.05, 0) is 37.2 Å². The first-order valence-corrected chi connectivity index (χ1v) is 8.10. The zero-order valence-corrected chi connectivity index (χ0v) is 13.4. The molecule has 1 aromatic carbocycles. The quantitative estimate of drug-likeness (QED) is 0.912. The molecule has 1 N–H and O–H groups in total. The maximum absolute atomic E-state index is 5.68. The van der Waals surface area contributed by atoms with Crippen LogP contribution in [0.1, 0.15) is 18.9 Å². The van der Waals surface area contributed by atoms with Gasteiger partial charge in [0, 0.05) is 23.6 Å². The van der Waals surface area contributed by atoms with Gasteiger partial charge < -0.3 is 14.8 Å². The van der Waals surface area contributed by atoms with Gasteiger partial charge in [0.1, 0.15) is 13.2 Å². The molecule has 0 spiro atoms. The van der Waals surface area contributed by atoms with Crippen molar-refractivity contribution >= 4 is 15.9 Å². The Hall–Kier alpha value is -0.780. The Bertz CT molecular complexity index is 475. The van der Waals surface area contributed by atoms with Crippen LogP contribution in [0, 0.1) is 0 Å². The van der Waals surface area contributed by atoms with Gasteiger partial charge in [-0.1, -0.05) is 22.9 Å². The fourth-order valence-electron chi connectivity index (χ4n) is 2.90. The summed E-state index contributed by atoms with van der Waals surface area (Å²) in [4.78, 5) is 2.52. The first kappa shape index (κ1) is 14.2. The lowest BCUT2D eigenvalue weighted by Crippen LogP contribution is -2.36. The lowest BCUT2D eigenvalue weighted by molar-refractivity contribution is 0.170. The second kappa shape index (κ2) is 6.33. The summed E-state index contributed by atoms with van der Waals surface area (Å²) in [6.07, 6.45) is 1.23. The molecule has 1 fully saturated rings. The van der Waals surface area contributed by atoms with E-state index in [4.69, 9.17) is 9.47 Å². The van der Waals surface area contributed by atoms with E-state index >= 15 is 0 Å². The van der Waals surface area contributed by atoms with Crippen molar-refractivity contribution in [3.8, 4) is 11.5 Å². The Morgan fingerprint density at radius 2 is 2.05 bits per heavy atom. The molecule has 0 bridgehead atoms. The SMILES string of the molecule is CCN(Cc1cc2c(cc1Br)OCCO2)C1CCNC1. The number of fused-ring (bicyclic) bond motifs is 1. The number of rotatable bonds is 4. The minimum atomic E-state index is 0.633. The Labute approximate surface area is 128 Å². The van der Waals surface area contributed by atoms with Crippen LogP contribution in [-0.4, -0.2) is 43.8 Å². The van der Waals surface area contributed by atoms with Gasteiger partial charge in [0.25, 0.3) is 0 Å². The van der Waals surface area contributed by atoms with Crippen molar-refractivity contribution < 1.29 is 9.47 Å². The number of halogens is 1. The van der Waals surface area contributed by atoms with Crippen molar-refractivity contribution in [1.29, 1.82) is 0 Å². The number of benzene rings is 1. The zero-order chi connectivity index (χ0) is 13.9. The molecular formula is C15H21BrN2O2. The molecule has 0 aliphatic carbocycles. The van der Waals surface area contributed by atoms with Crippen LogP contribution in [0.3, 0.4) is 0 Å². The van der Waals surface area contributed by atoms with E-state index in [1.807, 2.05) is 6.07 Å². The second-order valence-corrected chi connectivity index (χ2v) is 6.15. The van der Waals surface area contributed by atoms with Crippen LogP contribution in [0.15, 0.2) is 16.6 Å². The maximum Gasteiger partial charge on any atom is 0.162 e. The van der Waals surface area contributed by atoms with E-state index in [1.165, 1.54) is 12.0 Å². The molecule has 1 aromatic rings. The van der Waals surface area contributed by atoms with Crippen LogP contribution in [0.2, 0.25) is 0 Å². The van der Waals surface area contributed by atoms with Gasteiger partial charge >= 0.3 is 0 Å². The fourth-order valence-corrected chi connectivity index (χ4v) is 3.34. The van der Waals surface area contributed by atoms with E-state index in [1.54, 1.807) is 0 Å². The molecule has 0 amide bonds. The molecule has 2 aliphatic rings. The second-order valence-electron chi connectivity index (χ2n) is 5.30. The van der Waals surface area contributed by atoms with Crippen LogP contribution in [0.5, 0.6) is 11.5 Å². The molecule has 110 valence electrons. The van der Waals surface area contributed by atoms with Crippen molar-refractivity contribution in [3.63, 3.8) is 0 Å². The van der Waals surface area contributed by atoms with E-state index in [0.717, 1.165) is 42.2 Å². The highest BCUT2D eigenvalue weighted by atomic mass is 79.9. The number of nitrogens with zero attached hydrogens (tertiary/aromatic N) is 1. The van der Waals surface area contributed by atoms with Gasteiger partial charge in [-0.3, -0.25) is 4.90 Å². The molecule has 1 unspecified atom stereocenters. The Balaban J connectivity index is 1.78. The maximum atomic E-state index is 5.68. The van der Waals surface area contributed by atoms with Gasteiger partial charge in [-0.2, -0.15) is 0 Å². The van der Waals surface area contributed by atoms with Crippen molar-refractivity contribution in [3.05, 3.63) is 22.2 Å². The first-order valence-electron chi connectivity index (χ1n) is 7.30. The number of likely N-dealkylation sites (N-methyl/N-ethyl adjacent to an activating group) is 1. The van der Waals surface area contributed by atoms with Gasteiger partial charge in [0.15, 0.2) is 11.5 Å². The predicted molar refractivity (Wildman–Crippen MR) is 82.5 cm³/mol. The number of nitrogens with one attached hydrogen (secondary N) is 1. The van der Waals surface area contributed by atoms with Gasteiger partial charge in [0.2, 0.25) is 0 Å². The summed E-state index contributed by atoms with van der Waals surface area (Å²) in [5.41, 5.74) is 1.27. The van der Waals surface area contributed by atoms with Crippen molar-refractivity contribution in [1.82, 2.24) is 10.2 Å². The third-order valence-corrected chi connectivity index (χ3v) is 4.78. The summed E-state index contributed by atoms with van der Waals surface area (Å²) in [6.45, 7) is 7.72. The summed E-state index contributed by atoms with van der Waals surface area (Å²) in [6, 6.07) is 4.79. The average Bonchev–Trinajstić information content (AvgIpc) is 2.99. The summed E-state index contributed by atoms with van der Waals surface area (Å²) in [5, 5.41) is 3.44. The minimum absolute atomic E-state index is 0.633. The largest absolute Gasteiger partial charge is 0.486 e. The molecule has 0 saturated carbocycles. The monoisotopic (exact) mass is 340 g/mol. The molecule has 3 rings (SSSR count). The first-order chi connectivity index (χ1) is 9.78. The summed E-state index contributed by atoms with van der Waals surface area (Å²) in [5.74, 6) is 1.72. The molecule has 2 aliphatic heterocycles. The molecule has 4 nitrogen and oxygen atoms in total. The van der Waals surface area contributed by atoms with E-state index in [-0.39, 0.29) is 0 Å². The minimum Gasteiger partial charge on any atom is -0.486 e. The van der Waals surface area contributed by atoms with Crippen molar-refractivity contribution in [2.24, 2.45) is 0 Å². The van der Waals surface area contributed by atoms with Crippen LogP contribution in [0.25, 0.3) is 0 Å². The Kier molecular flexibility index (Phi) is 4.48. The summed E-state index contributed by atoms with van der Waals surface area (Å²) < 4.78 is 12.4. The fraction of sp³-hybridized carbons (Fsp3) is 0.600. The standard InChI is InChI=1S/C15H21BrN2O2/c1-2-18(12-3-4-17-9-12)10-11-7-14-15(8-13(11)16)20-6-5-19-14/h7-8,12,17H,2-6,9-10H2,1H3.